The minimum Gasteiger partial charge on any atom is -0.271 e. The monoisotopic (exact) mass is 487 g/mol. The van der Waals surface area contributed by atoms with E-state index < -0.39 is 5.69 Å². The third-order valence-corrected chi connectivity index (χ3v) is 6.97. The van der Waals surface area contributed by atoms with Crippen LogP contribution in [0.25, 0.3) is 33.1 Å². The van der Waals surface area contributed by atoms with E-state index in [1.165, 1.54) is 11.6 Å². The third-order valence-electron chi connectivity index (χ3n) is 6.97. The molecule has 0 bridgehead atoms. The number of fused-ring (bicyclic) bond motifs is 2. The lowest BCUT2D eigenvalue weighted by Crippen LogP contribution is -2.38. The number of aryl methyl sites for hydroxylation is 1. The molecule has 0 radical (unpaired) electrons. The van der Waals surface area contributed by atoms with Gasteiger partial charge in [-0.2, -0.15) is 5.10 Å². The van der Waals surface area contributed by atoms with Gasteiger partial charge in [-0.05, 0) is 46.5 Å². The van der Waals surface area contributed by atoms with Crippen molar-refractivity contribution in [2.24, 2.45) is 7.05 Å². The molecule has 6 rings (SSSR count). The zero-order chi connectivity index (χ0) is 25.5. The fraction of sp³-hybridized carbons (Fsp3) is 0.133. The molecule has 0 unspecified atom stereocenters. The van der Waals surface area contributed by atoms with Crippen molar-refractivity contribution >= 4 is 21.8 Å². The smallest absolute Gasteiger partial charge is 0.271 e. The third kappa shape index (κ3) is 3.85. The number of hydrogen-bond donors (Lipinski definition) is 0. The second kappa shape index (κ2) is 9.02. The first-order valence-electron chi connectivity index (χ1n) is 12.1. The zero-order valence-corrected chi connectivity index (χ0v) is 20.6. The molecule has 0 atom stereocenters. The van der Waals surface area contributed by atoms with Crippen LogP contribution in [0.3, 0.4) is 0 Å². The minimum absolute atomic E-state index is 0.317. The van der Waals surface area contributed by atoms with E-state index >= 15 is 0 Å². The Labute approximate surface area is 212 Å². The van der Waals surface area contributed by atoms with Gasteiger partial charge in [0.05, 0.1) is 18.8 Å². The van der Waals surface area contributed by atoms with Gasteiger partial charge in [0.1, 0.15) is 5.39 Å². The maximum atomic E-state index is 13.6. The van der Waals surface area contributed by atoms with E-state index in [4.69, 9.17) is 5.10 Å². The molecular formula is C30H25N5O2. The number of pyridine rings is 1. The predicted molar refractivity (Wildman–Crippen MR) is 146 cm³/mol. The fourth-order valence-electron chi connectivity index (χ4n) is 4.97. The van der Waals surface area contributed by atoms with Gasteiger partial charge in [0.25, 0.3) is 5.56 Å². The second-order valence-corrected chi connectivity index (χ2v) is 9.24. The summed E-state index contributed by atoms with van der Waals surface area (Å²) in [5, 5.41) is 7.60. The average Bonchev–Trinajstić information content (AvgIpc) is 3.30. The van der Waals surface area contributed by atoms with Gasteiger partial charge in [0, 0.05) is 25.0 Å². The molecule has 6 aromatic rings. The standard InChI is InChI=1S/C30H25N5O2/c1-20-8-3-4-10-23(20)18-34-28-26(29(36)33(2)30(34)37)27(22-14-16-31-17-15-22)35(32-28)19-24-12-7-11-21-9-5-6-13-25(21)24/h3-17H,18-19H2,1-2H3. The number of rotatable bonds is 5. The molecule has 0 fully saturated rings. The molecule has 3 heterocycles. The molecule has 37 heavy (non-hydrogen) atoms. The largest absolute Gasteiger partial charge is 0.332 e. The Kier molecular flexibility index (Phi) is 5.53. The van der Waals surface area contributed by atoms with Crippen molar-refractivity contribution in [2.45, 2.75) is 20.0 Å². The molecule has 0 amide bonds. The van der Waals surface area contributed by atoms with Crippen LogP contribution in [0, 0.1) is 6.92 Å². The van der Waals surface area contributed by atoms with E-state index in [9.17, 15) is 9.59 Å². The van der Waals surface area contributed by atoms with Gasteiger partial charge in [-0.25, -0.2) is 4.79 Å². The highest BCUT2D eigenvalue weighted by Gasteiger charge is 2.23. The van der Waals surface area contributed by atoms with E-state index in [2.05, 4.69) is 29.2 Å². The molecule has 0 spiro atoms. The van der Waals surface area contributed by atoms with Gasteiger partial charge in [-0.15, -0.1) is 0 Å². The lowest BCUT2D eigenvalue weighted by Gasteiger charge is -2.11. The first kappa shape index (κ1) is 22.7. The van der Waals surface area contributed by atoms with Crippen molar-refractivity contribution in [3.63, 3.8) is 0 Å². The maximum absolute atomic E-state index is 13.6. The highest BCUT2D eigenvalue weighted by atomic mass is 16.2. The van der Waals surface area contributed by atoms with Crippen molar-refractivity contribution in [1.29, 1.82) is 0 Å². The van der Waals surface area contributed by atoms with Gasteiger partial charge >= 0.3 is 5.69 Å². The van der Waals surface area contributed by atoms with Crippen LogP contribution in [0.1, 0.15) is 16.7 Å². The molecule has 0 aliphatic heterocycles. The van der Waals surface area contributed by atoms with Crippen LogP contribution >= 0.6 is 0 Å². The lowest BCUT2D eigenvalue weighted by molar-refractivity contribution is 0.651. The highest BCUT2D eigenvalue weighted by molar-refractivity contribution is 5.91. The maximum Gasteiger partial charge on any atom is 0.332 e. The zero-order valence-electron chi connectivity index (χ0n) is 20.6. The number of aromatic nitrogens is 5. The van der Waals surface area contributed by atoms with Crippen LogP contribution in [-0.4, -0.2) is 23.9 Å². The normalized spacial score (nSPS) is 11.4. The minimum atomic E-state index is -0.392. The van der Waals surface area contributed by atoms with Crippen LogP contribution in [0.15, 0.2) is 101 Å². The van der Waals surface area contributed by atoms with Crippen molar-refractivity contribution < 1.29 is 0 Å². The Morgan fingerprint density at radius 1 is 0.784 bits per heavy atom. The summed E-state index contributed by atoms with van der Waals surface area (Å²) in [6, 6.07) is 26.1. The number of benzene rings is 3. The predicted octanol–water partition coefficient (Wildman–Crippen LogP) is 4.52. The molecule has 0 N–H and O–H groups in total. The lowest BCUT2D eigenvalue weighted by atomic mass is 10.0. The van der Waals surface area contributed by atoms with Crippen molar-refractivity contribution in [3.05, 3.63) is 129 Å². The Morgan fingerprint density at radius 3 is 2.30 bits per heavy atom. The average molecular weight is 488 g/mol. The summed E-state index contributed by atoms with van der Waals surface area (Å²) >= 11 is 0. The molecular weight excluding hydrogens is 462 g/mol. The fourth-order valence-corrected chi connectivity index (χ4v) is 4.97. The summed E-state index contributed by atoms with van der Waals surface area (Å²) in [5.41, 5.74) is 4.25. The summed E-state index contributed by atoms with van der Waals surface area (Å²) in [5.74, 6) is 0. The SMILES string of the molecule is Cc1ccccc1Cn1c(=O)n(C)c(=O)c2c(-c3ccncc3)n(Cc3cccc4ccccc34)nc21. The Bertz CT molecular complexity index is 1890. The molecule has 182 valence electrons. The Hall–Kier alpha value is -4.78. The summed E-state index contributed by atoms with van der Waals surface area (Å²) in [6.45, 7) is 2.77. The Balaban J connectivity index is 1.65. The van der Waals surface area contributed by atoms with Crippen LogP contribution in [0.4, 0.5) is 0 Å². The molecule has 7 heteroatoms. The van der Waals surface area contributed by atoms with Gasteiger partial charge in [-0.3, -0.25) is 23.6 Å². The van der Waals surface area contributed by atoms with Crippen LogP contribution in [0.2, 0.25) is 0 Å². The summed E-state index contributed by atoms with van der Waals surface area (Å²) < 4.78 is 4.62. The van der Waals surface area contributed by atoms with E-state index in [1.54, 1.807) is 17.0 Å². The molecule has 0 saturated heterocycles. The highest BCUT2D eigenvalue weighted by Crippen LogP contribution is 2.28. The molecule has 0 saturated carbocycles. The van der Waals surface area contributed by atoms with Crippen LogP contribution < -0.4 is 11.2 Å². The summed E-state index contributed by atoms with van der Waals surface area (Å²) in [6.07, 6.45) is 3.40. The summed E-state index contributed by atoms with van der Waals surface area (Å²) in [7, 11) is 1.52. The first-order chi connectivity index (χ1) is 18.0. The second-order valence-electron chi connectivity index (χ2n) is 9.24. The molecule has 3 aromatic heterocycles. The van der Waals surface area contributed by atoms with Crippen LogP contribution in [-0.2, 0) is 20.1 Å². The van der Waals surface area contributed by atoms with Crippen LogP contribution in [0.5, 0.6) is 0 Å². The van der Waals surface area contributed by atoms with E-state index in [0.717, 1.165) is 33.0 Å². The molecule has 3 aromatic carbocycles. The summed E-state index contributed by atoms with van der Waals surface area (Å²) in [4.78, 5) is 31.1. The van der Waals surface area contributed by atoms with Crippen molar-refractivity contribution in [3.8, 4) is 11.3 Å². The first-order valence-corrected chi connectivity index (χ1v) is 12.1. The van der Waals surface area contributed by atoms with Gasteiger partial charge in [0.15, 0.2) is 5.65 Å². The van der Waals surface area contributed by atoms with E-state index in [1.807, 2.05) is 66.2 Å². The van der Waals surface area contributed by atoms with Gasteiger partial charge in [0.2, 0.25) is 0 Å². The number of hydrogen-bond acceptors (Lipinski definition) is 4. The molecule has 0 aliphatic rings. The molecule has 0 aliphatic carbocycles. The van der Waals surface area contributed by atoms with Crippen molar-refractivity contribution in [2.75, 3.05) is 0 Å². The van der Waals surface area contributed by atoms with Gasteiger partial charge in [-0.1, -0.05) is 66.7 Å². The van der Waals surface area contributed by atoms with Crippen molar-refractivity contribution in [1.82, 2.24) is 23.9 Å². The topological polar surface area (TPSA) is 74.7 Å². The quantitative estimate of drug-likeness (QED) is 0.358. The molecule has 7 nitrogen and oxygen atoms in total. The number of nitrogens with zero attached hydrogens (tertiary/aromatic N) is 5. The Morgan fingerprint density at radius 2 is 1.49 bits per heavy atom. The van der Waals surface area contributed by atoms with Gasteiger partial charge < -0.3 is 0 Å². The van der Waals surface area contributed by atoms with E-state index in [0.29, 0.717) is 29.8 Å². The van der Waals surface area contributed by atoms with E-state index in [-0.39, 0.29) is 5.56 Å².